The third-order valence-corrected chi connectivity index (χ3v) is 4.20. The van der Waals surface area contributed by atoms with Crippen LogP contribution in [0.2, 0.25) is 5.02 Å². The van der Waals surface area contributed by atoms with Crippen LogP contribution < -0.4 is 4.90 Å². The lowest BCUT2D eigenvalue weighted by molar-refractivity contribution is -0.901. The average Bonchev–Trinajstić information content (AvgIpc) is 2.35. The van der Waals surface area contributed by atoms with Crippen molar-refractivity contribution in [2.75, 3.05) is 18.6 Å². The highest BCUT2D eigenvalue weighted by molar-refractivity contribution is 6.31. The van der Waals surface area contributed by atoms with Crippen LogP contribution in [0.1, 0.15) is 12.0 Å². The van der Waals surface area contributed by atoms with Crippen molar-refractivity contribution in [3.05, 3.63) is 46.0 Å². The first-order chi connectivity index (χ1) is 9.93. The maximum absolute atomic E-state index is 14.1. The van der Waals surface area contributed by atoms with Gasteiger partial charge < -0.3 is 9.85 Å². The van der Waals surface area contributed by atoms with E-state index in [9.17, 15) is 22.8 Å². The Balaban J connectivity index is 2.40. The van der Waals surface area contributed by atoms with Gasteiger partial charge in [0.05, 0.1) is 12.7 Å². The minimum Gasteiger partial charge on any atom is -0.631 e. The van der Waals surface area contributed by atoms with Gasteiger partial charge in [0.1, 0.15) is 5.82 Å². The molecule has 2 rings (SSSR count). The van der Waals surface area contributed by atoms with E-state index in [1.54, 1.807) is 6.92 Å². The van der Waals surface area contributed by atoms with Crippen LogP contribution in [0.15, 0.2) is 24.4 Å². The molecular formula is C14H15ClF4N2O. The Hall–Kier alpha value is -1.31. The number of nitrogens with zero attached hydrogens (tertiary/aromatic N) is 2. The number of hydroxylamine groups is 3. The number of hydrogen-bond acceptors (Lipinski definition) is 2. The molecule has 122 valence electrons. The van der Waals surface area contributed by atoms with Gasteiger partial charge in [-0.1, -0.05) is 18.2 Å². The summed E-state index contributed by atoms with van der Waals surface area (Å²) >= 11 is 5.80. The SMILES string of the molecule is C=C1CC(C(F)(F)F)[N+](C)([O-])CN1c1cc(C)c(Cl)cc1F. The molecule has 0 N–H and O–H groups in total. The molecule has 1 heterocycles. The molecule has 0 saturated carbocycles. The van der Waals surface area contributed by atoms with E-state index in [0.29, 0.717) is 5.56 Å². The van der Waals surface area contributed by atoms with Crippen LogP contribution in [0.25, 0.3) is 0 Å². The van der Waals surface area contributed by atoms with Crippen molar-refractivity contribution < 1.29 is 22.2 Å². The second-order valence-corrected chi connectivity index (χ2v) is 6.03. The topological polar surface area (TPSA) is 26.3 Å². The summed E-state index contributed by atoms with van der Waals surface area (Å²) in [5, 5.41) is 12.5. The third kappa shape index (κ3) is 3.06. The molecule has 0 aromatic heterocycles. The largest absolute Gasteiger partial charge is 0.631 e. The van der Waals surface area contributed by atoms with Crippen molar-refractivity contribution in [2.45, 2.75) is 25.6 Å². The monoisotopic (exact) mass is 338 g/mol. The van der Waals surface area contributed by atoms with E-state index in [-0.39, 0.29) is 16.4 Å². The first-order valence-electron chi connectivity index (χ1n) is 6.47. The van der Waals surface area contributed by atoms with Crippen molar-refractivity contribution in [2.24, 2.45) is 0 Å². The minimum absolute atomic E-state index is 0.00715. The molecule has 0 aliphatic carbocycles. The van der Waals surface area contributed by atoms with E-state index in [4.69, 9.17) is 11.6 Å². The minimum atomic E-state index is -4.64. The van der Waals surface area contributed by atoms with E-state index in [1.165, 1.54) is 11.0 Å². The summed E-state index contributed by atoms with van der Waals surface area (Å²) in [6.07, 6.45) is -5.22. The normalized spacial score (nSPS) is 26.5. The summed E-state index contributed by atoms with van der Waals surface area (Å²) in [5.74, 6) is -0.706. The smallest absolute Gasteiger partial charge is 0.441 e. The molecule has 3 nitrogen and oxygen atoms in total. The molecular weight excluding hydrogens is 324 g/mol. The van der Waals surface area contributed by atoms with Gasteiger partial charge in [0, 0.05) is 17.1 Å². The number of hydrogen-bond donors (Lipinski definition) is 0. The Labute approximate surface area is 130 Å². The van der Waals surface area contributed by atoms with Crippen molar-refractivity contribution in [1.82, 2.24) is 0 Å². The number of anilines is 1. The molecule has 0 spiro atoms. The van der Waals surface area contributed by atoms with Crippen LogP contribution in [-0.4, -0.2) is 30.6 Å². The first kappa shape index (κ1) is 17.1. The highest BCUT2D eigenvalue weighted by Crippen LogP contribution is 2.40. The molecule has 1 aromatic rings. The molecule has 1 aliphatic heterocycles. The Bertz CT molecular complexity index is 616. The standard InChI is InChI=1S/C14H15ClF4N2O/c1-8-4-12(11(16)6-10(8)15)20-7-21(3,22)13(5-9(20)2)14(17,18)19/h4,6,13H,2,5,7H2,1,3H3. The van der Waals surface area contributed by atoms with Crippen LogP contribution in [0.4, 0.5) is 23.2 Å². The fraction of sp³-hybridized carbons (Fsp3) is 0.429. The van der Waals surface area contributed by atoms with Crippen molar-refractivity contribution in [1.29, 1.82) is 0 Å². The second kappa shape index (κ2) is 5.40. The maximum Gasteiger partial charge on any atom is 0.441 e. The van der Waals surface area contributed by atoms with E-state index < -0.39 is 35.8 Å². The molecule has 2 unspecified atom stereocenters. The van der Waals surface area contributed by atoms with Gasteiger partial charge in [-0.05, 0) is 24.6 Å². The lowest BCUT2D eigenvalue weighted by Crippen LogP contribution is -2.62. The molecule has 0 radical (unpaired) electrons. The lowest BCUT2D eigenvalue weighted by atomic mass is 10.0. The fourth-order valence-electron chi connectivity index (χ4n) is 2.53. The summed E-state index contributed by atoms with van der Waals surface area (Å²) in [6.45, 7) is 4.64. The van der Waals surface area contributed by atoms with Crippen LogP contribution in [-0.2, 0) is 0 Å². The molecule has 1 aliphatic rings. The first-order valence-corrected chi connectivity index (χ1v) is 6.85. The summed E-state index contributed by atoms with van der Waals surface area (Å²) in [7, 11) is 0.929. The van der Waals surface area contributed by atoms with E-state index in [1.807, 2.05) is 0 Å². The zero-order chi connectivity index (χ0) is 16.9. The molecule has 22 heavy (non-hydrogen) atoms. The quantitative estimate of drug-likeness (QED) is 0.432. The number of quaternary nitrogens is 1. The highest BCUT2D eigenvalue weighted by Gasteiger charge is 2.52. The average molecular weight is 339 g/mol. The van der Waals surface area contributed by atoms with Crippen molar-refractivity contribution in [3.63, 3.8) is 0 Å². The number of alkyl halides is 3. The molecule has 0 amide bonds. The molecule has 8 heteroatoms. The van der Waals surface area contributed by atoms with Crippen molar-refractivity contribution >= 4 is 17.3 Å². The molecule has 1 fully saturated rings. The number of rotatable bonds is 1. The summed E-state index contributed by atoms with van der Waals surface area (Å²) in [5.41, 5.74) is 0.617. The van der Waals surface area contributed by atoms with Gasteiger partial charge in [-0.15, -0.1) is 0 Å². The van der Waals surface area contributed by atoms with Gasteiger partial charge >= 0.3 is 6.18 Å². The van der Waals surface area contributed by atoms with Crippen LogP contribution in [0.5, 0.6) is 0 Å². The summed E-state index contributed by atoms with van der Waals surface area (Å²) in [4.78, 5) is 1.19. The van der Waals surface area contributed by atoms with Crippen LogP contribution in [0, 0.1) is 17.9 Å². The maximum atomic E-state index is 14.1. The van der Waals surface area contributed by atoms with Crippen molar-refractivity contribution in [3.8, 4) is 0 Å². The Morgan fingerprint density at radius 2 is 2.00 bits per heavy atom. The number of halogens is 5. The molecule has 2 atom stereocenters. The van der Waals surface area contributed by atoms with Gasteiger partial charge in [-0.25, -0.2) is 4.39 Å². The zero-order valence-electron chi connectivity index (χ0n) is 12.0. The Morgan fingerprint density at radius 3 is 2.55 bits per heavy atom. The summed E-state index contributed by atoms with van der Waals surface area (Å²) in [6, 6.07) is 0.369. The summed E-state index contributed by atoms with van der Waals surface area (Å²) < 4.78 is 51.4. The van der Waals surface area contributed by atoms with E-state index in [2.05, 4.69) is 6.58 Å². The fourth-order valence-corrected chi connectivity index (χ4v) is 2.68. The van der Waals surface area contributed by atoms with Gasteiger partial charge in [-0.2, -0.15) is 13.2 Å². The van der Waals surface area contributed by atoms with Gasteiger partial charge in [0.25, 0.3) is 0 Å². The molecule has 0 bridgehead atoms. The van der Waals surface area contributed by atoms with E-state index >= 15 is 0 Å². The predicted molar refractivity (Wildman–Crippen MR) is 76.6 cm³/mol. The van der Waals surface area contributed by atoms with Crippen LogP contribution in [0.3, 0.4) is 0 Å². The highest BCUT2D eigenvalue weighted by atomic mass is 35.5. The second-order valence-electron chi connectivity index (χ2n) is 5.62. The number of benzene rings is 1. The van der Waals surface area contributed by atoms with Crippen LogP contribution >= 0.6 is 11.6 Å². The van der Waals surface area contributed by atoms with Gasteiger partial charge in [-0.3, -0.25) is 4.90 Å². The number of aryl methyl sites for hydroxylation is 1. The lowest BCUT2D eigenvalue weighted by Gasteiger charge is -2.52. The zero-order valence-corrected chi connectivity index (χ0v) is 12.8. The van der Waals surface area contributed by atoms with E-state index in [0.717, 1.165) is 13.1 Å². The molecule has 1 aromatic carbocycles. The Morgan fingerprint density at radius 1 is 1.41 bits per heavy atom. The van der Waals surface area contributed by atoms with Gasteiger partial charge in [0.15, 0.2) is 12.7 Å². The Kier molecular flexibility index (Phi) is 4.18. The molecule has 1 saturated heterocycles. The van der Waals surface area contributed by atoms with Gasteiger partial charge in [0.2, 0.25) is 0 Å². The predicted octanol–water partition coefficient (Wildman–Crippen LogP) is 4.34. The third-order valence-electron chi connectivity index (χ3n) is 3.79.